The van der Waals surface area contributed by atoms with Gasteiger partial charge in [-0.25, -0.2) is 0 Å². The number of hydrogen-bond donors (Lipinski definition) is 2. The topological polar surface area (TPSA) is 80.6 Å². The first-order chi connectivity index (χ1) is 10.6. The Labute approximate surface area is 132 Å². The monoisotopic (exact) mass is 322 g/mol. The van der Waals surface area contributed by atoms with Gasteiger partial charge in [0, 0.05) is 18.1 Å². The van der Waals surface area contributed by atoms with Crippen LogP contribution in [-0.2, 0) is 4.79 Å². The van der Waals surface area contributed by atoms with Gasteiger partial charge in [0.05, 0.1) is 6.26 Å². The van der Waals surface area contributed by atoms with Crippen molar-refractivity contribution < 1.29 is 18.7 Å². The number of rotatable bonds is 7. The molecule has 2 amide bonds. The Hall–Kier alpha value is -2.47. The van der Waals surface area contributed by atoms with Gasteiger partial charge in [-0.05, 0) is 36.4 Å². The molecule has 0 atom stereocenters. The Bertz CT molecular complexity index is 611. The third-order valence-corrected chi connectivity index (χ3v) is 2.91. The molecular weight excluding hydrogens is 308 g/mol. The summed E-state index contributed by atoms with van der Waals surface area (Å²) < 4.78 is 10.2. The van der Waals surface area contributed by atoms with E-state index in [0.29, 0.717) is 23.9 Å². The number of carbonyl (C=O) groups excluding carboxylic acids is 2. The fourth-order valence-electron chi connectivity index (χ4n) is 1.60. The lowest BCUT2D eigenvalue weighted by Crippen LogP contribution is -2.36. The molecule has 7 heteroatoms. The Morgan fingerprint density at radius 1 is 1.09 bits per heavy atom. The first kappa shape index (κ1) is 15.9. The van der Waals surface area contributed by atoms with Crippen LogP contribution >= 0.6 is 11.6 Å². The molecule has 0 radical (unpaired) electrons. The van der Waals surface area contributed by atoms with E-state index >= 15 is 0 Å². The molecule has 0 bridgehead atoms. The second-order valence-corrected chi connectivity index (χ2v) is 4.76. The number of nitrogens with one attached hydrogen (secondary N) is 2. The third-order valence-electron chi connectivity index (χ3n) is 2.66. The minimum atomic E-state index is -0.323. The minimum absolute atomic E-state index is 0.103. The van der Waals surface area contributed by atoms with Crippen molar-refractivity contribution in [2.45, 2.75) is 0 Å². The van der Waals surface area contributed by atoms with Gasteiger partial charge >= 0.3 is 0 Å². The van der Waals surface area contributed by atoms with Crippen LogP contribution in [0.2, 0.25) is 5.02 Å². The Morgan fingerprint density at radius 2 is 1.82 bits per heavy atom. The highest BCUT2D eigenvalue weighted by molar-refractivity contribution is 6.30. The summed E-state index contributed by atoms with van der Waals surface area (Å²) in [5.41, 5.74) is 0. The number of amides is 2. The van der Waals surface area contributed by atoms with Crippen molar-refractivity contribution in [3.8, 4) is 5.75 Å². The summed E-state index contributed by atoms with van der Waals surface area (Å²) in [6.07, 6.45) is 1.42. The van der Waals surface area contributed by atoms with Gasteiger partial charge in [0.2, 0.25) is 0 Å². The highest BCUT2D eigenvalue weighted by Gasteiger charge is 2.07. The molecule has 0 unspecified atom stereocenters. The molecule has 0 spiro atoms. The second kappa shape index (κ2) is 8.09. The molecule has 0 aliphatic carbocycles. The standard InChI is InChI=1S/C15H15ClN2O4/c16-11-3-5-12(6-4-11)22-10-14(19)17-7-8-18-15(20)13-2-1-9-21-13/h1-6,9H,7-8,10H2,(H,17,19)(H,18,20). The van der Waals surface area contributed by atoms with Gasteiger partial charge in [-0.1, -0.05) is 11.6 Å². The molecule has 2 aromatic rings. The van der Waals surface area contributed by atoms with Gasteiger partial charge < -0.3 is 19.8 Å². The number of hydrogen-bond acceptors (Lipinski definition) is 4. The first-order valence-corrected chi connectivity index (χ1v) is 7.00. The smallest absolute Gasteiger partial charge is 0.287 e. The molecule has 0 aliphatic heterocycles. The quantitative estimate of drug-likeness (QED) is 0.762. The van der Waals surface area contributed by atoms with E-state index in [2.05, 4.69) is 10.6 Å². The van der Waals surface area contributed by atoms with Crippen molar-refractivity contribution in [1.29, 1.82) is 0 Å². The summed E-state index contributed by atoms with van der Waals surface area (Å²) in [5, 5.41) is 5.85. The lowest BCUT2D eigenvalue weighted by Gasteiger charge is -2.08. The van der Waals surface area contributed by atoms with Crippen molar-refractivity contribution in [1.82, 2.24) is 10.6 Å². The van der Waals surface area contributed by atoms with Crippen molar-refractivity contribution >= 4 is 23.4 Å². The largest absolute Gasteiger partial charge is 0.484 e. The second-order valence-electron chi connectivity index (χ2n) is 4.33. The minimum Gasteiger partial charge on any atom is -0.484 e. The fraction of sp³-hybridized carbons (Fsp3) is 0.200. The summed E-state index contributed by atoms with van der Waals surface area (Å²) in [4.78, 5) is 23.1. The summed E-state index contributed by atoms with van der Waals surface area (Å²) in [6.45, 7) is 0.495. The van der Waals surface area contributed by atoms with E-state index < -0.39 is 0 Å². The van der Waals surface area contributed by atoms with E-state index in [1.165, 1.54) is 6.26 Å². The van der Waals surface area contributed by atoms with Crippen LogP contribution in [-0.4, -0.2) is 31.5 Å². The molecule has 1 aromatic heterocycles. The van der Waals surface area contributed by atoms with E-state index in [1.54, 1.807) is 36.4 Å². The molecule has 1 aromatic carbocycles. The van der Waals surface area contributed by atoms with Crippen molar-refractivity contribution in [3.63, 3.8) is 0 Å². The zero-order chi connectivity index (χ0) is 15.8. The van der Waals surface area contributed by atoms with Crippen LogP contribution in [0.1, 0.15) is 10.6 Å². The zero-order valence-corrected chi connectivity index (χ0v) is 12.4. The highest BCUT2D eigenvalue weighted by Crippen LogP contribution is 2.15. The molecule has 22 heavy (non-hydrogen) atoms. The number of furan rings is 1. The molecular formula is C15H15ClN2O4. The van der Waals surface area contributed by atoms with Crippen LogP contribution in [0.5, 0.6) is 5.75 Å². The first-order valence-electron chi connectivity index (χ1n) is 6.62. The van der Waals surface area contributed by atoms with Crippen LogP contribution in [0.15, 0.2) is 47.1 Å². The molecule has 6 nitrogen and oxygen atoms in total. The Morgan fingerprint density at radius 3 is 2.50 bits per heavy atom. The van der Waals surface area contributed by atoms with Crippen molar-refractivity contribution in [3.05, 3.63) is 53.4 Å². The van der Waals surface area contributed by atoms with Crippen LogP contribution < -0.4 is 15.4 Å². The molecule has 116 valence electrons. The van der Waals surface area contributed by atoms with Crippen molar-refractivity contribution in [2.75, 3.05) is 19.7 Å². The number of benzene rings is 1. The lowest BCUT2D eigenvalue weighted by atomic mass is 10.3. The maximum absolute atomic E-state index is 11.6. The van der Waals surface area contributed by atoms with Crippen molar-refractivity contribution in [2.24, 2.45) is 0 Å². The molecule has 0 fully saturated rings. The maximum Gasteiger partial charge on any atom is 0.287 e. The molecule has 0 aliphatic rings. The zero-order valence-electron chi connectivity index (χ0n) is 11.7. The molecule has 0 saturated carbocycles. The van der Waals surface area contributed by atoms with Crippen LogP contribution in [0, 0.1) is 0 Å². The van der Waals surface area contributed by atoms with Crippen LogP contribution in [0.25, 0.3) is 0 Å². The molecule has 1 heterocycles. The number of ether oxygens (including phenoxy) is 1. The van der Waals surface area contributed by atoms with Crippen LogP contribution in [0.3, 0.4) is 0 Å². The average Bonchev–Trinajstić information content (AvgIpc) is 3.05. The Kier molecular flexibility index (Phi) is 5.85. The third kappa shape index (κ3) is 5.14. The van der Waals surface area contributed by atoms with Crippen LogP contribution in [0.4, 0.5) is 0 Å². The van der Waals surface area contributed by atoms with Gasteiger partial charge in [0.1, 0.15) is 5.75 Å². The molecule has 2 rings (SSSR count). The summed E-state index contributed by atoms with van der Waals surface area (Å²) in [7, 11) is 0. The summed E-state index contributed by atoms with van der Waals surface area (Å²) in [6, 6.07) is 9.91. The van der Waals surface area contributed by atoms with E-state index in [0.717, 1.165) is 0 Å². The van der Waals surface area contributed by atoms with E-state index in [4.69, 9.17) is 20.8 Å². The van der Waals surface area contributed by atoms with E-state index in [9.17, 15) is 9.59 Å². The van der Waals surface area contributed by atoms with E-state index in [1.807, 2.05) is 0 Å². The predicted molar refractivity (Wildman–Crippen MR) is 81.0 cm³/mol. The van der Waals surface area contributed by atoms with Gasteiger partial charge in [0.15, 0.2) is 12.4 Å². The summed E-state index contributed by atoms with van der Waals surface area (Å²) in [5.74, 6) is 0.196. The highest BCUT2D eigenvalue weighted by atomic mass is 35.5. The van der Waals surface area contributed by atoms with Gasteiger partial charge in [-0.3, -0.25) is 9.59 Å². The SMILES string of the molecule is O=C(COc1ccc(Cl)cc1)NCCNC(=O)c1ccco1. The maximum atomic E-state index is 11.6. The normalized spacial score (nSPS) is 10.0. The Balaban J connectivity index is 1.59. The predicted octanol–water partition coefficient (Wildman–Crippen LogP) is 1.86. The molecule has 2 N–H and O–H groups in total. The number of carbonyl (C=O) groups is 2. The van der Waals surface area contributed by atoms with Gasteiger partial charge in [-0.15, -0.1) is 0 Å². The van der Waals surface area contributed by atoms with E-state index in [-0.39, 0.29) is 24.2 Å². The number of halogens is 1. The fourth-order valence-corrected chi connectivity index (χ4v) is 1.73. The van der Waals surface area contributed by atoms with Gasteiger partial charge in [0.25, 0.3) is 11.8 Å². The average molecular weight is 323 g/mol. The molecule has 0 saturated heterocycles. The van der Waals surface area contributed by atoms with Gasteiger partial charge in [-0.2, -0.15) is 0 Å². The lowest BCUT2D eigenvalue weighted by molar-refractivity contribution is -0.123. The summed E-state index contributed by atoms with van der Waals surface area (Å²) >= 11 is 5.75.